The van der Waals surface area contributed by atoms with Gasteiger partial charge in [-0.1, -0.05) is 5.16 Å². The minimum atomic E-state index is -3.93. The number of aromatic nitrogens is 1. The number of carboxylic acids is 1. The Hall–Kier alpha value is -1.65. The summed E-state index contributed by atoms with van der Waals surface area (Å²) in [5, 5.41) is 12.4. The highest BCUT2D eigenvalue weighted by molar-refractivity contribution is 9.10. The summed E-state index contributed by atoms with van der Waals surface area (Å²) in [6.45, 7) is 1.59. The van der Waals surface area contributed by atoms with Crippen LogP contribution in [0.1, 0.15) is 22.0 Å². The monoisotopic (exact) mass is 364 g/mol. The second kappa shape index (κ2) is 5.38. The SMILES string of the molecule is Cc1cc(CNS(=O)(=O)c2cc(C(=O)O)oc2Br)on1. The minimum Gasteiger partial charge on any atom is -0.475 e. The zero-order valence-corrected chi connectivity index (χ0v) is 12.5. The number of nitrogens with zero attached hydrogens (tertiary/aromatic N) is 1. The molecule has 2 aromatic rings. The number of aromatic carboxylic acids is 1. The van der Waals surface area contributed by atoms with Crippen LogP contribution in [-0.4, -0.2) is 24.7 Å². The van der Waals surface area contributed by atoms with Gasteiger partial charge >= 0.3 is 5.97 Å². The molecule has 0 aromatic carbocycles. The maximum absolute atomic E-state index is 12.0. The number of rotatable bonds is 5. The smallest absolute Gasteiger partial charge is 0.371 e. The van der Waals surface area contributed by atoms with Crippen LogP contribution in [0.2, 0.25) is 0 Å². The number of hydrogen-bond donors (Lipinski definition) is 2. The molecule has 0 amide bonds. The van der Waals surface area contributed by atoms with E-state index in [1.54, 1.807) is 13.0 Å². The van der Waals surface area contributed by atoms with Crippen LogP contribution in [0.25, 0.3) is 0 Å². The van der Waals surface area contributed by atoms with Gasteiger partial charge in [-0.15, -0.1) is 0 Å². The molecule has 0 aliphatic heterocycles. The molecule has 2 heterocycles. The van der Waals surface area contributed by atoms with E-state index in [2.05, 4.69) is 25.8 Å². The van der Waals surface area contributed by atoms with Crippen molar-refractivity contribution >= 4 is 31.9 Å². The minimum absolute atomic E-state index is 0.108. The number of nitrogens with one attached hydrogen (secondary N) is 1. The van der Waals surface area contributed by atoms with E-state index < -0.39 is 21.8 Å². The van der Waals surface area contributed by atoms with E-state index in [9.17, 15) is 13.2 Å². The van der Waals surface area contributed by atoms with Gasteiger partial charge in [0.05, 0.1) is 12.2 Å². The Bertz CT molecular complexity index is 748. The molecule has 10 heteroatoms. The summed E-state index contributed by atoms with van der Waals surface area (Å²) in [5.41, 5.74) is 0.622. The van der Waals surface area contributed by atoms with Crippen LogP contribution >= 0.6 is 15.9 Å². The van der Waals surface area contributed by atoms with Crippen molar-refractivity contribution in [3.63, 3.8) is 0 Å². The Kier molecular flexibility index (Phi) is 3.97. The first kappa shape index (κ1) is 14.8. The molecule has 0 saturated heterocycles. The highest BCUT2D eigenvalue weighted by atomic mass is 79.9. The molecular weight excluding hydrogens is 356 g/mol. The van der Waals surface area contributed by atoms with Crippen LogP contribution in [0.4, 0.5) is 0 Å². The van der Waals surface area contributed by atoms with Gasteiger partial charge < -0.3 is 14.0 Å². The van der Waals surface area contributed by atoms with E-state index in [4.69, 9.17) is 14.0 Å². The average molecular weight is 365 g/mol. The number of furan rings is 1. The number of sulfonamides is 1. The Balaban J connectivity index is 2.20. The van der Waals surface area contributed by atoms with E-state index in [1.165, 1.54) is 0 Å². The normalized spacial score (nSPS) is 11.7. The standard InChI is InChI=1S/C10H9BrN2O6S/c1-5-2-6(19-13-5)4-12-20(16,17)8-3-7(10(14)15)18-9(8)11/h2-3,12H,4H2,1H3,(H,14,15). The van der Waals surface area contributed by atoms with Crippen molar-refractivity contribution in [3.8, 4) is 0 Å². The molecule has 2 aromatic heterocycles. The average Bonchev–Trinajstić information content (AvgIpc) is 2.93. The van der Waals surface area contributed by atoms with E-state index in [-0.39, 0.29) is 16.1 Å². The highest BCUT2D eigenvalue weighted by Gasteiger charge is 2.25. The van der Waals surface area contributed by atoms with Crippen LogP contribution in [0, 0.1) is 6.92 Å². The fourth-order valence-corrected chi connectivity index (χ4v) is 3.32. The van der Waals surface area contributed by atoms with Gasteiger partial charge in [0, 0.05) is 12.1 Å². The van der Waals surface area contributed by atoms with E-state index >= 15 is 0 Å². The van der Waals surface area contributed by atoms with Crippen molar-refractivity contribution in [2.24, 2.45) is 0 Å². The molecule has 0 spiro atoms. The molecule has 108 valence electrons. The molecule has 0 unspecified atom stereocenters. The van der Waals surface area contributed by atoms with Gasteiger partial charge in [0.2, 0.25) is 15.8 Å². The topological polar surface area (TPSA) is 123 Å². The number of aryl methyl sites for hydroxylation is 1. The first-order valence-electron chi connectivity index (χ1n) is 5.24. The maximum atomic E-state index is 12.0. The number of hydrogen-bond acceptors (Lipinski definition) is 6. The van der Waals surface area contributed by atoms with Crippen molar-refractivity contribution in [1.29, 1.82) is 0 Å². The van der Waals surface area contributed by atoms with Gasteiger partial charge in [0.25, 0.3) is 0 Å². The second-order valence-corrected chi connectivity index (χ2v) is 6.27. The van der Waals surface area contributed by atoms with E-state index in [0.717, 1.165) is 6.07 Å². The summed E-state index contributed by atoms with van der Waals surface area (Å²) in [4.78, 5) is 10.4. The summed E-state index contributed by atoms with van der Waals surface area (Å²) in [6, 6.07) is 2.50. The maximum Gasteiger partial charge on any atom is 0.371 e. The number of carbonyl (C=O) groups is 1. The highest BCUT2D eigenvalue weighted by Crippen LogP contribution is 2.26. The van der Waals surface area contributed by atoms with E-state index in [0.29, 0.717) is 11.5 Å². The van der Waals surface area contributed by atoms with Gasteiger partial charge in [0.1, 0.15) is 4.90 Å². The molecule has 0 bridgehead atoms. The number of halogens is 1. The van der Waals surface area contributed by atoms with Crippen LogP contribution < -0.4 is 4.72 Å². The van der Waals surface area contributed by atoms with Gasteiger partial charge in [0.15, 0.2) is 10.4 Å². The molecular formula is C10H9BrN2O6S. The molecule has 0 atom stereocenters. The van der Waals surface area contributed by atoms with Crippen LogP contribution in [0.15, 0.2) is 30.6 Å². The molecule has 0 fully saturated rings. The molecule has 20 heavy (non-hydrogen) atoms. The lowest BCUT2D eigenvalue weighted by Gasteiger charge is -2.02. The Labute approximate surface area is 121 Å². The molecule has 2 N–H and O–H groups in total. The molecule has 0 saturated carbocycles. The predicted octanol–water partition coefficient (Wildman–Crippen LogP) is 1.52. The lowest BCUT2D eigenvalue weighted by molar-refractivity contribution is 0.0661. The molecule has 2 rings (SSSR count). The van der Waals surface area contributed by atoms with Gasteiger partial charge in [-0.2, -0.15) is 0 Å². The summed E-state index contributed by atoms with van der Waals surface area (Å²) >= 11 is 2.87. The largest absolute Gasteiger partial charge is 0.475 e. The van der Waals surface area contributed by atoms with Crippen LogP contribution in [-0.2, 0) is 16.6 Å². The van der Waals surface area contributed by atoms with Crippen molar-refractivity contribution in [1.82, 2.24) is 9.88 Å². The summed E-state index contributed by atoms with van der Waals surface area (Å²) in [5.74, 6) is -1.50. The number of carboxylic acid groups (broad SMARTS) is 1. The summed E-state index contributed by atoms with van der Waals surface area (Å²) < 4.78 is 35.7. The third-order valence-electron chi connectivity index (χ3n) is 2.27. The fourth-order valence-electron chi connectivity index (χ4n) is 1.38. The van der Waals surface area contributed by atoms with Gasteiger partial charge in [-0.05, 0) is 22.9 Å². The summed E-state index contributed by atoms with van der Waals surface area (Å²) in [6.07, 6.45) is 0. The molecule has 0 radical (unpaired) electrons. The fraction of sp³-hybridized carbons (Fsp3) is 0.200. The van der Waals surface area contributed by atoms with E-state index in [1.807, 2.05) is 0 Å². The lowest BCUT2D eigenvalue weighted by Crippen LogP contribution is -2.22. The van der Waals surface area contributed by atoms with Gasteiger partial charge in [-0.25, -0.2) is 17.9 Å². The Morgan fingerprint density at radius 3 is 2.70 bits per heavy atom. The van der Waals surface area contributed by atoms with Crippen molar-refractivity contribution in [2.75, 3.05) is 0 Å². The third-order valence-corrected chi connectivity index (χ3v) is 4.53. The Morgan fingerprint density at radius 2 is 2.20 bits per heavy atom. The van der Waals surface area contributed by atoms with Crippen molar-refractivity contribution in [2.45, 2.75) is 18.4 Å². The quantitative estimate of drug-likeness (QED) is 0.823. The first-order chi connectivity index (χ1) is 9.29. The zero-order chi connectivity index (χ0) is 14.9. The molecule has 0 aliphatic rings. The summed E-state index contributed by atoms with van der Waals surface area (Å²) in [7, 11) is -3.93. The van der Waals surface area contributed by atoms with Gasteiger partial charge in [-0.3, -0.25) is 0 Å². The van der Waals surface area contributed by atoms with Crippen LogP contribution in [0.3, 0.4) is 0 Å². The third kappa shape index (κ3) is 3.08. The molecule has 8 nitrogen and oxygen atoms in total. The Morgan fingerprint density at radius 1 is 1.50 bits per heavy atom. The lowest BCUT2D eigenvalue weighted by atomic mass is 10.4. The molecule has 0 aliphatic carbocycles. The van der Waals surface area contributed by atoms with Crippen molar-refractivity contribution < 1.29 is 27.3 Å². The zero-order valence-electron chi connectivity index (χ0n) is 10.1. The predicted molar refractivity (Wildman–Crippen MR) is 68.6 cm³/mol. The second-order valence-electron chi connectivity index (χ2n) is 3.81. The first-order valence-corrected chi connectivity index (χ1v) is 7.51. The van der Waals surface area contributed by atoms with Crippen molar-refractivity contribution in [3.05, 3.63) is 34.0 Å². The van der Waals surface area contributed by atoms with Crippen LogP contribution in [0.5, 0.6) is 0 Å².